The van der Waals surface area contributed by atoms with E-state index in [9.17, 15) is 14.7 Å². The second-order valence-corrected chi connectivity index (χ2v) is 4.07. The molecule has 0 radical (unpaired) electrons. The number of hydrogen-bond donors (Lipinski definition) is 2. The molecule has 1 heterocycles. The predicted octanol–water partition coefficient (Wildman–Crippen LogP) is -0.868. The van der Waals surface area contributed by atoms with E-state index in [1.54, 1.807) is 4.90 Å². The minimum absolute atomic E-state index is 0.0665. The predicted molar refractivity (Wildman–Crippen MR) is 55.0 cm³/mol. The highest BCUT2D eigenvalue weighted by atomic mass is 16.3. The fraction of sp³-hybridized carbons (Fsp3) is 0.800. The molecule has 3 N–H and O–H groups in total. The van der Waals surface area contributed by atoms with E-state index in [0.717, 1.165) is 6.29 Å². The van der Waals surface area contributed by atoms with Crippen molar-refractivity contribution in [2.24, 2.45) is 11.7 Å². The van der Waals surface area contributed by atoms with Gasteiger partial charge in [-0.15, -0.1) is 0 Å². The summed E-state index contributed by atoms with van der Waals surface area (Å²) in [4.78, 5) is 23.8. The lowest BCUT2D eigenvalue weighted by Crippen LogP contribution is -2.51. The van der Waals surface area contributed by atoms with Crippen LogP contribution in [0.4, 0.5) is 0 Å². The number of nitrogens with zero attached hydrogens (tertiary/aromatic N) is 1. The molecule has 2 unspecified atom stereocenters. The standard InChI is InChI=1S/C10H18N2O3/c1-7(14)9(11)10(15)12-4-2-8(6-13)3-5-12/h6-9,14H,2-5,11H2,1H3. The number of aldehydes is 1. The van der Waals surface area contributed by atoms with Crippen LogP contribution in [0.5, 0.6) is 0 Å². The molecule has 5 heteroatoms. The highest BCUT2D eigenvalue weighted by molar-refractivity contribution is 5.82. The number of likely N-dealkylation sites (tertiary alicyclic amines) is 1. The van der Waals surface area contributed by atoms with Crippen molar-refractivity contribution >= 4 is 12.2 Å². The number of carbonyl (C=O) groups is 2. The fourth-order valence-electron chi connectivity index (χ4n) is 1.67. The summed E-state index contributed by atoms with van der Waals surface area (Å²) in [6.07, 6.45) is 1.50. The first-order chi connectivity index (χ1) is 7.06. The van der Waals surface area contributed by atoms with Gasteiger partial charge in [0.2, 0.25) is 5.91 Å². The van der Waals surface area contributed by atoms with Gasteiger partial charge in [-0.3, -0.25) is 4.79 Å². The Labute approximate surface area is 89.2 Å². The van der Waals surface area contributed by atoms with Crippen molar-refractivity contribution < 1.29 is 14.7 Å². The Hall–Kier alpha value is -0.940. The van der Waals surface area contributed by atoms with Gasteiger partial charge in [-0.2, -0.15) is 0 Å². The molecule has 2 atom stereocenters. The first-order valence-electron chi connectivity index (χ1n) is 5.24. The molecule has 5 nitrogen and oxygen atoms in total. The SMILES string of the molecule is CC(O)C(N)C(=O)N1CCC(C=O)CC1. The second-order valence-electron chi connectivity index (χ2n) is 4.07. The lowest BCUT2D eigenvalue weighted by Gasteiger charge is -2.32. The Morgan fingerprint density at radius 2 is 2.07 bits per heavy atom. The van der Waals surface area contributed by atoms with E-state index >= 15 is 0 Å². The summed E-state index contributed by atoms with van der Waals surface area (Å²) >= 11 is 0. The summed E-state index contributed by atoms with van der Waals surface area (Å²) < 4.78 is 0. The van der Waals surface area contributed by atoms with Gasteiger partial charge in [0.1, 0.15) is 12.3 Å². The van der Waals surface area contributed by atoms with E-state index in [0.29, 0.717) is 25.9 Å². The normalized spacial score (nSPS) is 22.2. The molecule has 86 valence electrons. The van der Waals surface area contributed by atoms with Gasteiger partial charge in [-0.05, 0) is 19.8 Å². The third-order valence-electron chi connectivity index (χ3n) is 2.85. The molecule has 0 saturated carbocycles. The van der Waals surface area contributed by atoms with Gasteiger partial charge >= 0.3 is 0 Å². The maximum Gasteiger partial charge on any atom is 0.242 e. The largest absolute Gasteiger partial charge is 0.391 e. The third-order valence-corrected chi connectivity index (χ3v) is 2.85. The van der Waals surface area contributed by atoms with Crippen LogP contribution in [0.3, 0.4) is 0 Å². The molecule has 15 heavy (non-hydrogen) atoms. The number of aliphatic hydroxyl groups excluding tert-OH is 1. The zero-order chi connectivity index (χ0) is 11.4. The number of aliphatic hydroxyl groups is 1. The topological polar surface area (TPSA) is 83.6 Å². The van der Waals surface area contributed by atoms with Gasteiger partial charge in [0.05, 0.1) is 6.10 Å². The summed E-state index contributed by atoms with van der Waals surface area (Å²) in [5.41, 5.74) is 5.55. The van der Waals surface area contributed by atoms with Crippen molar-refractivity contribution in [1.29, 1.82) is 0 Å². The van der Waals surface area contributed by atoms with Gasteiger partial charge in [0.15, 0.2) is 0 Å². The zero-order valence-electron chi connectivity index (χ0n) is 8.93. The van der Waals surface area contributed by atoms with Gasteiger partial charge < -0.3 is 20.5 Å². The van der Waals surface area contributed by atoms with E-state index in [2.05, 4.69) is 0 Å². The van der Waals surface area contributed by atoms with Crippen LogP contribution in [0.25, 0.3) is 0 Å². The van der Waals surface area contributed by atoms with Crippen LogP contribution in [0.2, 0.25) is 0 Å². The molecule has 1 amide bonds. The van der Waals surface area contributed by atoms with Gasteiger partial charge in [0.25, 0.3) is 0 Å². The maximum absolute atomic E-state index is 11.7. The highest BCUT2D eigenvalue weighted by Gasteiger charge is 2.28. The van der Waals surface area contributed by atoms with Crippen LogP contribution in [0.15, 0.2) is 0 Å². The summed E-state index contributed by atoms with van der Waals surface area (Å²) in [5.74, 6) is -0.161. The fourth-order valence-corrected chi connectivity index (χ4v) is 1.67. The summed E-state index contributed by atoms with van der Waals surface area (Å²) in [7, 11) is 0. The Morgan fingerprint density at radius 1 is 1.53 bits per heavy atom. The molecule has 1 rings (SSSR count). The zero-order valence-corrected chi connectivity index (χ0v) is 8.93. The van der Waals surface area contributed by atoms with Crippen molar-refractivity contribution in [3.8, 4) is 0 Å². The van der Waals surface area contributed by atoms with Crippen LogP contribution >= 0.6 is 0 Å². The molecule has 0 aliphatic carbocycles. The average Bonchev–Trinajstić information content (AvgIpc) is 2.27. The summed E-state index contributed by atoms with van der Waals surface area (Å²) in [5, 5.41) is 9.19. The minimum Gasteiger partial charge on any atom is -0.391 e. The summed E-state index contributed by atoms with van der Waals surface area (Å²) in [6, 6.07) is -0.849. The van der Waals surface area contributed by atoms with Crippen molar-refractivity contribution in [2.75, 3.05) is 13.1 Å². The van der Waals surface area contributed by atoms with Crippen LogP contribution in [-0.4, -0.2) is 47.4 Å². The monoisotopic (exact) mass is 214 g/mol. The summed E-state index contributed by atoms with van der Waals surface area (Å²) in [6.45, 7) is 2.62. The molecular weight excluding hydrogens is 196 g/mol. The average molecular weight is 214 g/mol. The van der Waals surface area contributed by atoms with Crippen LogP contribution in [0.1, 0.15) is 19.8 Å². The van der Waals surface area contributed by atoms with Gasteiger partial charge in [-0.25, -0.2) is 0 Å². The Morgan fingerprint density at radius 3 is 2.47 bits per heavy atom. The molecule has 0 aromatic heterocycles. The third kappa shape index (κ3) is 3.00. The van der Waals surface area contributed by atoms with Crippen LogP contribution in [0, 0.1) is 5.92 Å². The van der Waals surface area contributed by atoms with Crippen molar-refractivity contribution in [3.05, 3.63) is 0 Å². The van der Waals surface area contributed by atoms with E-state index in [-0.39, 0.29) is 11.8 Å². The molecule has 0 aromatic carbocycles. The molecule has 1 fully saturated rings. The molecule has 1 aliphatic rings. The Balaban J connectivity index is 2.46. The molecule has 0 bridgehead atoms. The number of carbonyl (C=O) groups excluding carboxylic acids is 2. The molecule has 1 aliphatic heterocycles. The lowest BCUT2D eigenvalue weighted by atomic mass is 9.98. The van der Waals surface area contributed by atoms with E-state index in [4.69, 9.17) is 5.73 Å². The highest BCUT2D eigenvalue weighted by Crippen LogP contribution is 2.15. The van der Waals surface area contributed by atoms with Gasteiger partial charge in [-0.1, -0.05) is 0 Å². The molecule has 0 spiro atoms. The molecule has 0 aromatic rings. The first kappa shape index (κ1) is 12.1. The molecular formula is C10H18N2O3. The van der Waals surface area contributed by atoms with E-state index in [1.807, 2.05) is 0 Å². The first-order valence-corrected chi connectivity index (χ1v) is 5.24. The number of hydrogen-bond acceptors (Lipinski definition) is 4. The van der Waals surface area contributed by atoms with Crippen LogP contribution < -0.4 is 5.73 Å². The Bertz CT molecular complexity index is 235. The van der Waals surface area contributed by atoms with E-state index in [1.165, 1.54) is 6.92 Å². The van der Waals surface area contributed by atoms with Crippen molar-refractivity contribution in [2.45, 2.75) is 31.9 Å². The maximum atomic E-state index is 11.7. The lowest BCUT2D eigenvalue weighted by molar-refractivity contribution is -0.137. The second kappa shape index (κ2) is 5.23. The van der Waals surface area contributed by atoms with Crippen molar-refractivity contribution in [3.63, 3.8) is 0 Å². The van der Waals surface area contributed by atoms with Crippen molar-refractivity contribution in [1.82, 2.24) is 4.90 Å². The Kier molecular flexibility index (Phi) is 4.23. The van der Waals surface area contributed by atoms with Gasteiger partial charge in [0, 0.05) is 19.0 Å². The smallest absolute Gasteiger partial charge is 0.242 e. The van der Waals surface area contributed by atoms with Crippen LogP contribution in [-0.2, 0) is 9.59 Å². The minimum atomic E-state index is -0.849. The number of nitrogens with two attached hydrogens (primary N) is 1. The number of amides is 1. The number of piperidine rings is 1. The quantitative estimate of drug-likeness (QED) is 0.598. The molecule has 1 saturated heterocycles. The van der Waals surface area contributed by atoms with E-state index < -0.39 is 12.1 Å². The number of rotatable bonds is 3.